The first-order chi connectivity index (χ1) is 14.1. The van der Waals surface area contributed by atoms with Crippen LogP contribution in [-0.2, 0) is 11.3 Å². The Morgan fingerprint density at radius 2 is 2.24 bits per heavy atom. The van der Waals surface area contributed by atoms with Gasteiger partial charge in [-0.1, -0.05) is 12.1 Å². The van der Waals surface area contributed by atoms with Gasteiger partial charge in [0.05, 0.1) is 6.61 Å². The number of aliphatic hydroxyl groups is 1. The third kappa shape index (κ3) is 6.13. The summed E-state index contributed by atoms with van der Waals surface area (Å²) in [6.07, 6.45) is 3.33. The Hall–Kier alpha value is -2.71. The molecule has 1 atom stereocenters. The number of ether oxygens (including phenoxy) is 2. The molecule has 156 valence electrons. The van der Waals surface area contributed by atoms with Crippen molar-refractivity contribution in [3.05, 3.63) is 54.0 Å². The number of hydrogen-bond acceptors (Lipinski definition) is 5. The van der Waals surface area contributed by atoms with Crippen LogP contribution in [0.15, 0.2) is 47.6 Å². The van der Waals surface area contributed by atoms with Crippen molar-refractivity contribution < 1.29 is 19.0 Å². The highest BCUT2D eigenvalue weighted by atomic mass is 19.1. The lowest BCUT2D eigenvalue weighted by molar-refractivity contribution is 0.127. The fourth-order valence-corrected chi connectivity index (χ4v) is 3.22. The Morgan fingerprint density at radius 1 is 1.34 bits per heavy atom. The third-order valence-electron chi connectivity index (χ3n) is 4.96. The molecule has 3 rings (SSSR count). The quantitative estimate of drug-likeness (QED) is 0.464. The third-order valence-corrected chi connectivity index (χ3v) is 4.96. The van der Waals surface area contributed by atoms with Crippen LogP contribution in [0.5, 0.6) is 11.6 Å². The predicted molar refractivity (Wildman–Crippen MR) is 108 cm³/mol. The van der Waals surface area contributed by atoms with Crippen LogP contribution in [0.1, 0.15) is 18.4 Å². The molecule has 1 unspecified atom stereocenters. The minimum Gasteiger partial charge on any atom is -0.439 e. The Kier molecular flexibility index (Phi) is 7.37. The molecule has 29 heavy (non-hydrogen) atoms. The average Bonchev–Trinajstić information content (AvgIpc) is 3.18. The molecule has 1 aromatic heterocycles. The molecule has 1 aliphatic heterocycles. The molecule has 1 aromatic carbocycles. The van der Waals surface area contributed by atoms with Gasteiger partial charge in [0, 0.05) is 57.1 Å². The van der Waals surface area contributed by atoms with Gasteiger partial charge in [0.15, 0.2) is 5.96 Å². The molecule has 2 aromatic rings. The van der Waals surface area contributed by atoms with Crippen LogP contribution in [0.25, 0.3) is 0 Å². The van der Waals surface area contributed by atoms with Crippen molar-refractivity contribution in [2.45, 2.75) is 19.4 Å². The van der Waals surface area contributed by atoms with Crippen molar-refractivity contribution in [2.24, 2.45) is 10.4 Å². The highest BCUT2D eigenvalue weighted by molar-refractivity contribution is 5.79. The summed E-state index contributed by atoms with van der Waals surface area (Å²) in [7, 11) is 1.72. The van der Waals surface area contributed by atoms with Gasteiger partial charge < -0.3 is 25.2 Å². The van der Waals surface area contributed by atoms with E-state index in [0.717, 1.165) is 18.6 Å². The Bertz CT molecular complexity index is 808. The molecule has 1 fully saturated rings. The standard InChI is InChI=1S/C21H27FN4O3/c1-23-20(26-14-21(7-9-27)8-10-28-15-21)25-13-16-5-6-19(24-12-16)29-18-4-2-3-17(22)11-18/h2-6,11-12,27H,7-10,13-15H2,1H3,(H2,23,25,26). The van der Waals surface area contributed by atoms with Crippen molar-refractivity contribution >= 4 is 5.96 Å². The lowest BCUT2D eigenvalue weighted by Crippen LogP contribution is -2.44. The molecule has 2 heterocycles. The molecule has 7 nitrogen and oxygen atoms in total. The Balaban J connectivity index is 1.49. The summed E-state index contributed by atoms with van der Waals surface area (Å²) in [5, 5.41) is 15.9. The molecular formula is C21H27FN4O3. The second-order valence-corrected chi connectivity index (χ2v) is 7.12. The maximum atomic E-state index is 13.2. The first-order valence-electron chi connectivity index (χ1n) is 9.64. The minimum atomic E-state index is -0.355. The van der Waals surface area contributed by atoms with E-state index in [-0.39, 0.29) is 17.8 Å². The van der Waals surface area contributed by atoms with E-state index in [1.807, 2.05) is 6.07 Å². The molecule has 0 aliphatic carbocycles. The highest BCUT2D eigenvalue weighted by Gasteiger charge is 2.34. The van der Waals surface area contributed by atoms with Gasteiger partial charge in [-0.25, -0.2) is 9.37 Å². The minimum absolute atomic E-state index is 0.0518. The molecule has 0 amide bonds. The second kappa shape index (κ2) is 10.2. The number of rotatable bonds is 8. The van der Waals surface area contributed by atoms with Gasteiger partial charge in [-0.2, -0.15) is 0 Å². The van der Waals surface area contributed by atoms with E-state index in [1.54, 1.807) is 31.4 Å². The fourth-order valence-electron chi connectivity index (χ4n) is 3.22. The van der Waals surface area contributed by atoms with Crippen LogP contribution >= 0.6 is 0 Å². The molecule has 3 N–H and O–H groups in total. The number of benzene rings is 1. The highest BCUT2D eigenvalue weighted by Crippen LogP contribution is 2.31. The molecule has 0 bridgehead atoms. The van der Waals surface area contributed by atoms with Gasteiger partial charge in [-0.15, -0.1) is 0 Å². The van der Waals surface area contributed by atoms with E-state index >= 15 is 0 Å². The molecule has 0 radical (unpaired) electrons. The normalized spacial score (nSPS) is 19.2. The van der Waals surface area contributed by atoms with Crippen LogP contribution < -0.4 is 15.4 Å². The molecule has 1 saturated heterocycles. The van der Waals surface area contributed by atoms with E-state index in [1.165, 1.54) is 12.1 Å². The van der Waals surface area contributed by atoms with Gasteiger partial charge in [0.25, 0.3) is 0 Å². The van der Waals surface area contributed by atoms with Gasteiger partial charge in [-0.05, 0) is 30.5 Å². The van der Waals surface area contributed by atoms with Crippen molar-refractivity contribution in [1.29, 1.82) is 0 Å². The number of hydrogen-bond donors (Lipinski definition) is 3. The van der Waals surface area contributed by atoms with E-state index in [0.29, 0.717) is 43.7 Å². The van der Waals surface area contributed by atoms with Crippen LogP contribution in [0, 0.1) is 11.2 Å². The summed E-state index contributed by atoms with van der Waals surface area (Å²) in [5.41, 5.74) is 0.901. The number of nitrogens with zero attached hydrogens (tertiary/aromatic N) is 2. The first kappa shape index (κ1) is 21.0. The van der Waals surface area contributed by atoms with E-state index in [2.05, 4.69) is 20.6 Å². The van der Waals surface area contributed by atoms with Crippen molar-refractivity contribution in [3.8, 4) is 11.6 Å². The number of pyridine rings is 1. The fraction of sp³-hybridized carbons (Fsp3) is 0.429. The van der Waals surface area contributed by atoms with E-state index in [4.69, 9.17) is 9.47 Å². The zero-order chi connectivity index (χ0) is 20.5. The summed E-state index contributed by atoms with van der Waals surface area (Å²) in [6, 6.07) is 9.57. The van der Waals surface area contributed by atoms with E-state index in [9.17, 15) is 9.50 Å². The summed E-state index contributed by atoms with van der Waals surface area (Å²) >= 11 is 0. The Morgan fingerprint density at radius 3 is 2.90 bits per heavy atom. The molecule has 0 saturated carbocycles. The van der Waals surface area contributed by atoms with Crippen LogP contribution in [0.4, 0.5) is 4.39 Å². The largest absolute Gasteiger partial charge is 0.439 e. The molecule has 1 aliphatic rings. The van der Waals surface area contributed by atoms with Gasteiger partial charge in [0.2, 0.25) is 5.88 Å². The lowest BCUT2D eigenvalue weighted by atomic mass is 9.84. The smallest absolute Gasteiger partial charge is 0.219 e. The lowest BCUT2D eigenvalue weighted by Gasteiger charge is -2.27. The zero-order valence-electron chi connectivity index (χ0n) is 16.5. The van der Waals surface area contributed by atoms with Crippen LogP contribution in [-0.4, -0.2) is 49.5 Å². The van der Waals surface area contributed by atoms with Gasteiger partial charge >= 0.3 is 0 Å². The van der Waals surface area contributed by atoms with Crippen LogP contribution in [0.2, 0.25) is 0 Å². The number of nitrogens with one attached hydrogen (secondary N) is 2. The summed E-state index contributed by atoms with van der Waals surface area (Å²) in [4.78, 5) is 8.51. The van der Waals surface area contributed by atoms with Gasteiger partial charge in [-0.3, -0.25) is 4.99 Å². The number of aliphatic hydroxyl groups excluding tert-OH is 1. The Labute approximate surface area is 170 Å². The van der Waals surface area contributed by atoms with Gasteiger partial charge in [0.1, 0.15) is 11.6 Å². The second-order valence-electron chi connectivity index (χ2n) is 7.12. The molecule has 0 spiro atoms. The maximum Gasteiger partial charge on any atom is 0.219 e. The number of halogens is 1. The average molecular weight is 402 g/mol. The SMILES string of the molecule is CN=C(NCc1ccc(Oc2cccc(F)c2)nc1)NCC1(CCO)CCOC1. The summed E-state index contributed by atoms with van der Waals surface area (Å²) < 4.78 is 24.3. The van der Waals surface area contributed by atoms with Crippen LogP contribution in [0.3, 0.4) is 0 Å². The number of aromatic nitrogens is 1. The van der Waals surface area contributed by atoms with E-state index < -0.39 is 0 Å². The zero-order valence-corrected chi connectivity index (χ0v) is 16.5. The van der Waals surface area contributed by atoms with Crippen molar-refractivity contribution in [1.82, 2.24) is 15.6 Å². The summed E-state index contributed by atoms with van der Waals surface area (Å²) in [6.45, 7) is 2.74. The molecular weight excluding hydrogens is 375 g/mol. The monoisotopic (exact) mass is 402 g/mol. The molecule has 8 heteroatoms. The van der Waals surface area contributed by atoms with Crippen molar-refractivity contribution in [2.75, 3.05) is 33.4 Å². The number of guanidine groups is 1. The number of aliphatic imine (C=N–C) groups is 1. The summed E-state index contributed by atoms with van der Waals surface area (Å²) in [5.74, 6) is 1.12. The topological polar surface area (TPSA) is 88.0 Å². The predicted octanol–water partition coefficient (Wildman–Crippen LogP) is 2.47. The van der Waals surface area contributed by atoms with Crippen molar-refractivity contribution in [3.63, 3.8) is 0 Å². The maximum absolute atomic E-state index is 13.2. The first-order valence-corrected chi connectivity index (χ1v) is 9.64.